The van der Waals surface area contributed by atoms with Crippen LogP contribution >= 0.6 is 0 Å². The van der Waals surface area contributed by atoms with E-state index in [-0.39, 0.29) is 0 Å². The van der Waals surface area contributed by atoms with Crippen LogP contribution in [0.15, 0.2) is 138 Å². The number of hydrogen-bond acceptors (Lipinski definition) is 2. The molecule has 0 unspecified atom stereocenters. The molecule has 0 spiro atoms. The first-order valence-corrected chi connectivity index (χ1v) is 23.9. The molecule has 0 fully saturated rings. The summed E-state index contributed by atoms with van der Waals surface area (Å²) in [7, 11) is 30.3. The van der Waals surface area contributed by atoms with Gasteiger partial charge >= 0.3 is 0 Å². The van der Waals surface area contributed by atoms with Crippen molar-refractivity contribution < 1.29 is 4.42 Å². The van der Waals surface area contributed by atoms with Crippen molar-refractivity contribution >= 4 is 223 Å². The van der Waals surface area contributed by atoms with E-state index in [1.165, 1.54) is 115 Å². The molecule has 0 atom stereocenters. The molecule has 15 heteroatoms. The third-order valence-corrected chi connectivity index (χ3v) is 16.0. The molecule has 0 saturated carbocycles. The van der Waals surface area contributed by atoms with Gasteiger partial charge in [0.15, 0.2) is 0 Å². The van der Waals surface area contributed by atoms with Crippen molar-refractivity contribution in [3.05, 3.63) is 133 Å². The summed E-state index contributed by atoms with van der Waals surface area (Å²) in [5, 5.41) is 4.55. The third-order valence-electron chi connectivity index (χ3n) is 16.0. The number of para-hydroxylation sites is 2. The Balaban J connectivity index is 1.25. The van der Waals surface area contributed by atoms with Crippen molar-refractivity contribution in [1.29, 1.82) is 0 Å². The lowest BCUT2D eigenvalue weighted by atomic mass is 9.55. The van der Waals surface area contributed by atoms with Crippen molar-refractivity contribution in [3.8, 4) is 44.5 Å². The Hall–Kier alpha value is -6.32. The first-order chi connectivity index (χ1) is 32.2. The van der Waals surface area contributed by atoms with Gasteiger partial charge < -0.3 is 9.32 Å². The number of benzene rings is 9. The van der Waals surface area contributed by atoms with Crippen molar-refractivity contribution in [2.24, 2.45) is 0 Å². The molecule has 0 radical (unpaired) electrons. The van der Waals surface area contributed by atoms with E-state index in [2.05, 4.69) is 240 Å². The standard InChI is InChI=1S/C52H48B13NO/c53-38-34(36-42(57)46(61)48(63)47(62)43(36)58)39(54)41(56)35(40(38)55)37-44(59)49(64)51(50(65)45(37)60)66(30-18-8-6-14-25(30)23-11-2-1-3-12-23)31-19-9-7-16-27(31)28-17-10-20-32-33(28)29-22-21-24-13-4-5-15-26(24)52(29)67-32/h1-22H,53-65H2. The second-order valence-electron chi connectivity index (χ2n) is 19.2. The van der Waals surface area contributed by atoms with Gasteiger partial charge in [-0.1, -0.05) is 164 Å². The normalized spacial score (nSPS) is 11.5. The lowest BCUT2D eigenvalue weighted by Gasteiger charge is -2.36. The predicted molar refractivity (Wildman–Crippen MR) is 334 cm³/mol. The average molecular weight is 844 g/mol. The second kappa shape index (κ2) is 17.1. The Labute approximate surface area is 407 Å². The number of fused-ring (bicyclic) bond motifs is 5. The Kier molecular flexibility index (Phi) is 11.4. The quantitative estimate of drug-likeness (QED) is 0.149. The predicted octanol–water partition coefficient (Wildman–Crippen LogP) is -7.76. The summed E-state index contributed by atoms with van der Waals surface area (Å²) in [6.07, 6.45) is 0. The first-order valence-electron chi connectivity index (χ1n) is 23.9. The highest BCUT2D eigenvalue weighted by Crippen LogP contribution is 2.46. The zero-order chi connectivity index (χ0) is 47.2. The number of rotatable bonds is 7. The van der Waals surface area contributed by atoms with E-state index in [9.17, 15) is 0 Å². The van der Waals surface area contributed by atoms with Gasteiger partial charge in [0, 0.05) is 33.0 Å². The van der Waals surface area contributed by atoms with E-state index in [1.807, 2.05) is 0 Å². The lowest BCUT2D eigenvalue weighted by molar-refractivity contribution is 0.673. The summed E-state index contributed by atoms with van der Waals surface area (Å²) < 4.78 is 6.78. The van der Waals surface area contributed by atoms with Gasteiger partial charge in [0.05, 0.1) is 11.4 Å². The smallest absolute Gasteiger partial charge is 0.143 e. The number of furan rings is 1. The molecular formula is C52H48B13NO. The van der Waals surface area contributed by atoms with Crippen molar-refractivity contribution in [2.75, 3.05) is 4.90 Å². The maximum atomic E-state index is 6.78. The van der Waals surface area contributed by atoms with Crippen LogP contribution in [-0.4, -0.2) is 102 Å². The molecule has 0 bridgehead atoms. The van der Waals surface area contributed by atoms with Gasteiger partial charge in [0.25, 0.3) is 0 Å². The molecule has 0 aliphatic carbocycles. The van der Waals surface area contributed by atoms with E-state index >= 15 is 0 Å². The van der Waals surface area contributed by atoms with Gasteiger partial charge in [-0.05, 0) is 63.0 Å². The molecule has 1 heterocycles. The Morgan fingerprint density at radius 1 is 0.313 bits per heavy atom. The molecule has 10 aromatic rings. The minimum Gasteiger partial charge on any atom is -0.455 e. The van der Waals surface area contributed by atoms with Crippen LogP contribution < -0.4 is 75.9 Å². The van der Waals surface area contributed by atoms with Crippen molar-refractivity contribution in [2.45, 2.75) is 0 Å². The molecule has 9 aromatic carbocycles. The van der Waals surface area contributed by atoms with Crippen molar-refractivity contribution in [1.82, 2.24) is 0 Å². The van der Waals surface area contributed by atoms with Crippen LogP contribution in [0.2, 0.25) is 0 Å². The van der Waals surface area contributed by atoms with Gasteiger partial charge in [0.1, 0.15) is 113 Å². The van der Waals surface area contributed by atoms with Crippen LogP contribution in [0, 0.1) is 0 Å². The molecule has 2 nitrogen and oxygen atoms in total. The maximum absolute atomic E-state index is 6.78. The summed E-state index contributed by atoms with van der Waals surface area (Å²) in [4.78, 5) is 2.57. The Morgan fingerprint density at radius 2 is 0.746 bits per heavy atom. The fourth-order valence-electron chi connectivity index (χ4n) is 11.5. The van der Waals surface area contributed by atoms with Crippen LogP contribution in [0.4, 0.5) is 17.1 Å². The summed E-state index contributed by atoms with van der Waals surface area (Å²) in [6.45, 7) is 0. The average Bonchev–Trinajstić information content (AvgIpc) is 3.75. The molecule has 1 aromatic heterocycles. The monoisotopic (exact) mass is 845 g/mol. The zero-order valence-corrected chi connectivity index (χ0v) is 41.6. The van der Waals surface area contributed by atoms with Crippen LogP contribution in [0.3, 0.4) is 0 Å². The SMILES string of the molecule is Bc1c(B)c(B)c(-c2c(B)c(B)c(-c3c(B)c(B)c(N(c4ccccc4-c4ccccc4)c4ccccc4-c4cccc5oc6c7ccccc7ccc6c45)c(B)c3B)c(B)c2B)c(B)c1B. The Bertz CT molecular complexity index is 3610. The number of nitrogens with zero attached hydrogens (tertiary/aromatic N) is 1. The molecule has 0 N–H and O–H groups in total. The lowest BCUT2D eigenvalue weighted by Crippen LogP contribution is -2.57. The zero-order valence-electron chi connectivity index (χ0n) is 41.6. The molecule has 0 aliphatic heterocycles. The van der Waals surface area contributed by atoms with Gasteiger partial charge in [-0.3, -0.25) is 0 Å². The fourth-order valence-corrected chi connectivity index (χ4v) is 11.5. The van der Waals surface area contributed by atoms with E-state index in [1.54, 1.807) is 0 Å². The minimum atomic E-state index is 0.888. The summed E-state index contributed by atoms with van der Waals surface area (Å²) >= 11 is 0. The van der Waals surface area contributed by atoms with Crippen LogP contribution in [0.5, 0.6) is 0 Å². The number of hydrogen-bond donors (Lipinski definition) is 0. The fraction of sp³-hybridized carbons (Fsp3) is 0. The first kappa shape index (κ1) is 44.5. The third kappa shape index (κ3) is 6.90. The number of anilines is 3. The molecule has 306 valence electrons. The molecule has 0 amide bonds. The summed E-state index contributed by atoms with van der Waals surface area (Å²) in [5.74, 6) is 0. The molecule has 0 saturated heterocycles. The van der Waals surface area contributed by atoms with E-state index in [4.69, 9.17) is 4.42 Å². The molecule has 67 heavy (non-hydrogen) atoms. The van der Waals surface area contributed by atoms with Crippen LogP contribution in [-0.2, 0) is 0 Å². The summed E-state index contributed by atoms with van der Waals surface area (Å²) in [5.41, 5.74) is 33.0. The highest BCUT2D eigenvalue weighted by atomic mass is 16.3. The van der Waals surface area contributed by atoms with Gasteiger partial charge in [-0.2, -0.15) is 0 Å². The highest BCUT2D eigenvalue weighted by Gasteiger charge is 2.29. The molecular weight excluding hydrogens is 795 g/mol. The topological polar surface area (TPSA) is 16.4 Å². The molecule has 0 aliphatic rings. The van der Waals surface area contributed by atoms with E-state index < -0.39 is 0 Å². The van der Waals surface area contributed by atoms with E-state index in [0.29, 0.717) is 0 Å². The second-order valence-corrected chi connectivity index (χ2v) is 19.2. The summed E-state index contributed by atoms with van der Waals surface area (Å²) in [6, 6.07) is 48.3. The maximum Gasteiger partial charge on any atom is 0.143 e. The van der Waals surface area contributed by atoms with Crippen LogP contribution in [0.25, 0.3) is 77.2 Å². The van der Waals surface area contributed by atoms with E-state index in [0.717, 1.165) is 49.8 Å². The Morgan fingerprint density at radius 3 is 1.33 bits per heavy atom. The van der Waals surface area contributed by atoms with Crippen LogP contribution in [0.1, 0.15) is 0 Å². The highest BCUT2D eigenvalue weighted by molar-refractivity contribution is 6.72. The molecule has 10 rings (SSSR count). The minimum absolute atomic E-state index is 0.888. The van der Waals surface area contributed by atoms with Gasteiger partial charge in [0.2, 0.25) is 0 Å². The van der Waals surface area contributed by atoms with Gasteiger partial charge in [-0.25, -0.2) is 0 Å². The van der Waals surface area contributed by atoms with Gasteiger partial charge in [-0.15, -0.1) is 16.4 Å². The van der Waals surface area contributed by atoms with Crippen molar-refractivity contribution in [3.63, 3.8) is 0 Å². The largest absolute Gasteiger partial charge is 0.455 e.